The van der Waals surface area contributed by atoms with Crippen LogP contribution in [0.1, 0.15) is 5.56 Å². The van der Waals surface area contributed by atoms with Crippen LogP contribution in [0.2, 0.25) is 0 Å². The molecule has 0 spiro atoms. The maximum atomic E-state index is 11.1. The summed E-state index contributed by atoms with van der Waals surface area (Å²) in [5, 5.41) is 5.96. The van der Waals surface area contributed by atoms with Gasteiger partial charge in [-0.1, -0.05) is 18.2 Å². The number of nitrogens with two attached hydrogens (primary N) is 1. The number of benzene rings is 1. The van der Waals surface area contributed by atoms with Gasteiger partial charge >= 0.3 is 5.69 Å². The molecule has 0 saturated carbocycles. The zero-order chi connectivity index (χ0) is 9.97. The molecule has 72 valence electrons. The predicted octanol–water partition coefficient (Wildman–Crippen LogP) is 0.202. The van der Waals surface area contributed by atoms with Gasteiger partial charge in [0.15, 0.2) is 0 Å². The van der Waals surface area contributed by atoms with Gasteiger partial charge in [0.25, 0.3) is 0 Å². The van der Waals surface area contributed by atoms with Crippen LogP contribution in [0.15, 0.2) is 35.4 Å². The van der Waals surface area contributed by atoms with E-state index < -0.39 is 0 Å². The molecule has 0 aliphatic carbocycles. The number of aromatic nitrogens is 3. The van der Waals surface area contributed by atoms with Crippen molar-refractivity contribution in [2.45, 2.75) is 6.54 Å². The van der Waals surface area contributed by atoms with E-state index in [4.69, 9.17) is 5.73 Å². The Morgan fingerprint density at radius 2 is 2.21 bits per heavy atom. The van der Waals surface area contributed by atoms with Crippen LogP contribution in [0, 0.1) is 0 Å². The SMILES string of the molecule is Nc1ccccc1Cn1cn[nH]c1=O. The third-order valence-corrected chi connectivity index (χ3v) is 2.01. The molecule has 0 aliphatic rings. The second-order valence-corrected chi connectivity index (χ2v) is 2.99. The van der Waals surface area contributed by atoms with E-state index in [1.165, 1.54) is 10.9 Å². The molecular weight excluding hydrogens is 180 g/mol. The van der Waals surface area contributed by atoms with Crippen molar-refractivity contribution in [1.29, 1.82) is 0 Å². The summed E-state index contributed by atoms with van der Waals surface area (Å²) in [6.45, 7) is 0.446. The maximum Gasteiger partial charge on any atom is 0.343 e. The highest BCUT2D eigenvalue weighted by Crippen LogP contribution is 2.10. The van der Waals surface area contributed by atoms with Crippen molar-refractivity contribution in [3.05, 3.63) is 46.6 Å². The van der Waals surface area contributed by atoms with E-state index in [0.29, 0.717) is 12.2 Å². The van der Waals surface area contributed by atoms with Crippen molar-refractivity contribution in [2.75, 3.05) is 5.73 Å². The largest absolute Gasteiger partial charge is 0.398 e. The molecular formula is C9H10N4O. The van der Waals surface area contributed by atoms with E-state index in [2.05, 4.69) is 10.2 Å². The van der Waals surface area contributed by atoms with Gasteiger partial charge in [0.2, 0.25) is 0 Å². The second kappa shape index (κ2) is 3.37. The molecule has 5 nitrogen and oxygen atoms in total. The van der Waals surface area contributed by atoms with E-state index >= 15 is 0 Å². The molecule has 0 amide bonds. The molecule has 14 heavy (non-hydrogen) atoms. The lowest BCUT2D eigenvalue weighted by Crippen LogP contribution is -2.17. The Morgan fingerprint density at radius 3 is 2.86 bits per heavy atom. The molecule has 1 aromatic heterocycles. The molecule has 0 radical (unpaired) electrons. The summed E-state index contributed by atoms with van der Waals surface area (Å²) in [6, 6.07) is 7.43. The molecule has 2 aromatic rings. The summed E-state index contributed by atoms with van der Waals surface area (Å²) in [7, 11) is 0. The number of rotatable bonds is 2. The molecule has 0 atom stereocenters. The van der Waals surface area contributed by atoms with Crippen LogP contribution in [0.3, 0.4) is 0 Å². The van der Waals surface area contributed by atoms with Crippen molar-refractivity contribution >= 4 is 5.69 Å². The van der Waals surface area contributed by atoms with Gasteiger partial charge in [0.05, 0.1) is 6.54 Å². The first-order valence-electron chi connectivity index (χ1n) is 4.20. The second-order valence-electron chi connectivity index (χ2n) is 2.99. The predicted molar refractivity (Wildman–Crippen MR) is 52.8 cm³/mol. The van der Waals surface area contributed by atoms with Gasteiger partial charge < -0.3 is 5.73 Å². The molecule has 2 rings (SSSR count). The van der Waals surface area contributed by atoms with E-state index in [9.17, 15) is 4.79 Å². The lowest BCUT2D eigenvalue weighted by atomic mass is 10.2. The first kappa shape index (κ1) is 8.55. The van der Waals surface area contributed by atoms with Crippen molar-refractivity contribution in [3.8, 4) is 0 Å². The maximum absolute atomic E-state index is 11.1. The third-order valence-electron chi connectivity index (χ3n) is 2.01. The topological polar surface area (TPSA) is 76.7 Å². The van der Waals surface area contributed by atoms with Gasteiger partial charge in [0, 0.05) is 5.69 Å². The van der Waals surface area contributed by atoms with Crippen LogP contribution in [0.4, 0.5) is 5.69 Å². The number of aromatic amines is 1. The number of hydrogen-bond donors (Lipinski definition) is 2. The Bertz CT molecular complexity index is 485. The van der Waals surface area contributed by atoms with Crippen LogP contribution in [-0.2, 0) is 6.54 Å². The van der Waals surface area contributed by atoms with Crippen molar-refractivity contribution in [1.82, 2.24) is 14.8 Å². The van der Waals surface area contributed by atoms with Crippen molar-refractivity contribution in [2.24, 2.45) is 0 Å². The van der Waals surface area contributed by atoms with Crippen molar-refractivity contribution in [3.63, 3.8) is 0 Å². The highest BCUT2D eigenvalue weighted by molar-refractivity contribution is 5.46. The number of anilines is 1. The summed E-state index contributed by atoms with van der Waals surface area (Å²) < 4.78 is 1.46. The van der Waals surface area contributed by atoms with Gasteiger partial charge in [-0.2, -0.15) is 5.10 Å². The van der Waals surface area contributed by atoms with Crippen LogP contribution in [0.25, 0.3) is 0 Å². The zero-order valence-electron chi connectivity index (χ0n) is 7.47. The van der Waals surface area contributed by atoms with Crippen LogP contribution in [0.5, 0.6) is 0 Å². The third kappa shape index (κ3) is 1.52. The smallest absolute Gasteiger partial charge is 0.343 e. The van der Waals surface area contributed by atoms with E-state index in [-0.39, 0.29) is 5.69 Å². The van der Waals surface area contributed by atoms with Gasteiger partial charge in [-0.05, 0) is 11.6 Å². The van der Waals surface area contributed by atoms with Gasteiger partial charge in [-0.15, -0.1) is 0 Å². The lowest BCUT2D eigenvalue weighted by molar-refractivity contribution is 0.763. The Kier molecular flexibility index (Phi) is 2.06. The Morgan fingerprint density at radius 1 is 1.43 bits per heavy atom. The molecule has 1 heterocycles. The minimum absolute atomic E-state index is 0.228. The number of hydrogen-bond acceptors (Lipinski definition) is 3. The molecule has 3 N–H and O–H groups in total. The van der Waals surface area contributed by atoms with Gasteiger partial charge in [-0.3, -0.25) is 4.57 Å². The highest BCUT2D eigenvalue weighted by Gasteiger charge is 2.01. The number of nitrogens with zero attached hydrogens (tertiary/aromatic N) is 2. The lowest BCUT2D eigenvalue weighted by Gasteiger charge is -2.03. The van der Waals surface area contributed by atoms with Crippen LogP contribution in [-0.4, -0.2) is 14.8 Å². The van der Waals surface area contributed by atoms with Gasteiger partial charge in [-0.25, -0.2) is 9.89 Å². The molecule has 0 fully saturated rings. The molecule has 0 saturated heterocycles. The average molecular weight is 190 g/mol. The summed E-state index contributed by atoms with van der Waals surface area (Å²) in [4.78, 5) is 11.1. The number of para-hydroxylation sites is 1. The Hall–Kier alpha value is -2.04. The van der Waals surface area contributed by atoms with Crippen LogP contribution >= 0.6 is 0 Å². The van der Waals surface area contributed by atoms with Crippen molar-refractivity contribution < 1.29 is 0 Å². The highest BCUT2D eigenvalue weighted by atomic mass is 16.1. The van der Waals surface area contributed by atoms with Crippen LogP contribution < -0.4 is 11.4 Å². The fourth-order valence-electron chi connectivity index (χ4n) is 1.24. The monoisotopic (exact) mass is 190 g/mol. The average Bonchev–Trinajstić information content (AvgIpc) is 2.56. The fraction of sp³-hybridized carbons (Fsp3) is 0.111. The number of nitrogen functional groups attached to an aromatic ring is 1. The van der Waals surface area contributed by atoms with E-state index in [0.717, 1.165) is 5.56 Å². The number of H-pyrrole nitrogens is 1. The van der Waals surface area contributed by atoms with E-state index in [1.54, 1.807) is 6.07 Å². The standard InChI is InChI=1S/C9H10N4O/c10-8-4-2-1-3-7(8)5-13-6-11-12-9(13)14/h1-4,6H,5,10H2,(H,12,14). The summed E-state index contributed by atoms with van der Waals surface area (Å²) in [6.07, 6.45) is 1.45. The van der Waals surface area contributed by atoms with E-state index in [1.807, 2.05) is 18.2 Å². The minimum atomic E-state index is -0.228. The first-order valence-corrected chi connectivity index (χ1v) is 4.20. The summed E-state index contributed by atoms with van der Waals surface area (Å²) >= 11 is 0. The fourth-order valence-corrected chi connectivity index (χ4v) is 1.24. The summed E-state index contributed by atoms with van der Waals surface area (Å²) in [5.41, 5.74) is 7.11. The molecule has 0 aliphatic heterocycles. The normalized spacial score (nSPS) is 10.3. The minimum Gasteiger partial charge on any atom is -0.398 e. The quantitative estimate of drug-likeness (QED) is 0.664. The molecule has 0 unspecified atom stereocenters. The first-order chi connectivity index (χ1) is 6.77. The molecule has 0 bridgehead atoms. The molecule has 5 heteroatoms. The summed E-state index contributed by atoms with van der Waals surface area (Å²) in [5.74, 6) is 0. The van der Waals surface area contributed by atoms with Gasteiger partial charge in [0.1, 0.15) is 6.33 Å². The number of nitrogens with one attached hydrogen (secondary N) is 1. The Balaban J connectivity index is 2.32. The molecule has 1 aromatic carbocycles. The Labute approximate surface area is 80.2 Å². The zero-order valence-corrected chi connectivity index (χ0v) is 7.47.